The third-order valence-corrected chi connectivity index (χ3v) is 3.87. The number of alkyl halides is 3. The lowest BCUT2D eigenvalue weighted by Gasteiger charge is -2.15. The van der Waals surface area contributed by atoms with Gasteiger partial charge in [-0.25, -0.2) is 0 Å². The number of carbonyl (C=O) groups is 1. The van der Waals surface area contributed by atoms with Gasteiger partial charge in [-0.1, -0.05) is 29.3 Å². The van der Waals surface area contributed by atoms with Crippen molar-refractivity contribution in [3.05, 3.63) is 51.3 Å². The summed E-state index contributed by atoms with van der Waals surface area (Å²) in [4.78, 5) is 12.1. The summed E-state index contributed by atoms with van der Waals surface area (Å²) >= 11 is 11.7. The summed E-state index contributed by atoms with van der Waals surface area (Å²) in [6, 6.07) is 4.17. The topological polar surface area (TPSA) is 46.9 Å². The number of benzene rings is 1. The smallest absolute Gasteiger partial charge is 0.345 e. The molecule has 0 saturated heterocycles. The first kappa shape index (κ1) is 17.6. The van der Waals surface area contributed by atoms with Crippen LogP contribution >= 0.6 is 23.2 Å². The van der Waals surface area contributed by atoms with Gasteiger partial charge in [-0.2, -0.15) is 18.3 Å². The summed E-state index contributed by atoms with van der Waals surface area (Å²) in [6.45, 7) is 1.63. The molecule has 124 valence electrons. The lowest BCUT2D eigenvalue weighted by molar-refractivity contribution is -0.141. The molecule has 0 fully saturated rings. The van der Waals surface area contributed by atoms with Gasteiger partial charge in [0.25, 0.3) is 5.91 Å². The van der Waals surface area contributed by atoms with E-state index < -0.39 is 29.4 Å². The monoisotopic (exact) mass is 365 g/mol. The van der Waals surface area contributed by atoms with Crippen molar-refractivity contribution < 1.29 is 18.0 Å². The van der Waals surface area contributed by atoms with Crippen LogP contribution in [0.25, 0.3) is 0 Å². The second kappa shape index (κ2) is 6.41. The van der Waals surface area contributed by atoms with E-state index in [9.17, 15) is 18.0 Å². The van der Waals surface area contributed by atoms with Crippen LogP contribution in [0.4, 0.5) is 13.2 Å². The number of hydrogen-bond donors (Lipinski definition) is 1. The summed E-state index contributed by atoms with van der Waals surface area (Å²) in [5.74, 6) is -0.871. The maximum absolute atomic E-state index is 12.9. The predicted molar refractivity (Wildman–Crippen MR) is 80.6 cm³/mol. The number of carbonyl (C=O) groups excluding carboxylic acids is 1. The quantitative estimate of drug-likeness (QED) is 0.884. The van der Waals surface area contributed by atoms with Crippen molar-refractivity contribution in [1.29, 1.82) is 0 Å². The van der Waals surface area contributed by atoms with Crippen LogP contribution in [0.3, 0.4) is 0 Å². The van der Waals surface area contributed by atoms with Gasteiger partial charge in [0, 0.05) is 13.2 Å². The molecule has 0 spiro atoms. The Hall–Kier alpha value is -1.73. The number of aryl methyl sites for hydroxylation is 1. The highest BCUT2D eigenvalue weighted by molar-refractivity contribution is 6.42. The number of aromatic nitrogens is 2. The molecule has 2 rings (SSSR count). The summed E-state index contributed by atoms with van der Waals surface area (Å²) < 4.78 is 39.6. The van der Waals surface area contributed by atoms with Gasteiger partial charge in [0.1, 0.15) is 0 Å². The van der Waals surface area contributed by atoms with Gasteiger partial charge in [0.15, 0.2) is 5.69 Å². The van der Waals surface area contributed by atoms with Crippen LogP contribution in [0.15, 0.2) is 24.4 Å². The van der Waals surface area contributed by atoms with Crippen molar-refractivity contribution >= 4 is 29.1 Å². The van der Waals surface area contributed by atoms with Crippen molar-refractivity contribution in [2.24, 2.45) is 7.05 Å². The Morgan fingerprint density at radius 2 is 1.96 bits per heavy atom. The Labute approximate surface area is 140 Å². The molecule has 0 aliphatic rings. The Morgan fingerprint density at radius 3 is 2.52 bits per heavy atom. The molecule has 4 nitrogen and oxygen atoms in total. The number of nitrogens with one attached hydrogen (secondary N) is 1. The molecule has 0 saturated carbocycles. The highest BCUT2D eigenvalue weighted by Gasteiger charge is 2.39. The molecule has 1 heterocycles. The van der Waals surface area contributed by atoms with Gasteiger partial charge in [-0.15, -0.1) is 0 Å². The number of amides is 1. The van der Waals surface area contributed by atoms with Crippen LogP contribution < -0.4 is 5.32 Å². The van der Waals surface area contributed by atoms with E-state index in [2.05, 4.69) is 10.4 Å². The van der Waals surface area contributed by atoms with Crippen LogP contribution in [0.5, 0.6) is 0 Å². The third-order valence-electron chi connectivity index (χ3n) is 3.13. The predicted octanol–water partition coefficient (Wildman–Crippen LogP) is 4.24. The van der Waals surface area contributed by atoms with E-state index >= 15 is 0 Å². The largest absolute Gasteiger partial charge is 0.435 e. The van der Waals surface area contributed by atoms with Crippen molar-refractivity contribution in [3.8, 4) is 0 Å². The molecule has 1 N–H and O–H groups in total. The molecule has 1 amide bonds. The average molecular weight is 366 g/mol. The van der Waals surface area contributed by atoms with Gasteiger partial charge in [0.05, 0.1) is 21.7 Å². The second-order valence-electron chi connectivity index (χ2n) is 4.93. The summed E-state index contributed by atoms with van der Waals surface area (Å²) in [5.41, 5.74) is -1.14. The summed E-state index contributed by atoms with van der Waals surface area (Å²) in [7, 11) is 1.31. The minimum Gasteiger partial charge on any atom is -0.345 e. The van der Waals surface area contributed by atoms with E-state index in [4.69, 9.17) is 23.2 Å². The van der Waals surface area contributed by atoms with Crippen molar-refractivity contribution in [2.75, 3.05) is 0 Å². The summed E-state index contributed by atoms with van der Waals surface area (Å²) in [5, 5.41) is 6.43. The van der Waals surface area contributed by atoms with E-state index in [1.165, 1.54) is 7.05 Å². The van der Waals surface area contributed by atoms with Crippen LogP contribution in [0.2, 0.25) is 10.0 Å². The zero-order chi connectivity index (χ0) is 17.4. The zero-order valence-corrected chi connectivity index (χ0v) is 13.6. The molecule has 1 unspecified atom stereocenters. The molecule has 0 bridgehead atoms. The van der Waals surface area contributed by atoms with Gasteiger partial charge in [-0.05, 0) is 24.6 Å². The van der Waals surface area contributed by atoms with Gasteiger partial charge >= 0.3 is 6.18 Å². The minimum atomic E-state index is -4.71. The maximum atomic E-state index is 12.9. The Morgan fingerprint density at radius 1 is 1.30 bits per heavy atom. The molecule has 0 aliphatic heterocycles. The Kier molecular flexibility index (Phi) is 4.91. The van der Waals surface area contributed by atoms with Crippen molar-refractivity contribution in [1.82, 2.24) is 15.1 Å². The first-order valence-electron chi connectivity index (χ1n) is 6.46. The van der Waals surface area contributed by atoms with Crippen molar-refractivity contribution in [3.63, 3.8) is 0 Å². The summed E-state index contributed by atoms with van der Waals surface area (Å²) in [6.07, 6.45) is -3.68. The van der Waals surface area contributed by atoms with Gasteiger partial charge in [0.2, 0.25) is 0 Å². The molecule has 0 radical (unpaired) electrons. The van der Waals surface area contributed by atoms with E-state index in [1.54, 1.807) is 25.1 Å². The third kappa shape index (κ3) is 3.97. The van der Waals surface area contributed by atoms with Crippen LogP contribution in [-0.2, 0) is 13.2 Å². The standard InChI is InChI=1S/C14H12Cl2F3N3O/c1-7(8-3-4-10(15)11(16)5-8)20-13(23)9-6-22(2)21-12(9)14(17,18)19/h3-7H,1-2H3,(H,20,23). The van der Waals surface area contributed by atoms with Gasteiger partial charge < -0.3 is 5.32 Å². The molecular weight excluding hydrogens is 354 g/mol. The number of hydrogen-bond acceptors (Lipinski definition) is 2. The first-order valence-corrected chi connectivity index (χ1v) is 7.22. The molecule has 23 heavy (non-hydrogen) atoms. The zero-order valence-electron chi connectivity index (χ0n) is 12.1. The van der Waals surface area contributed by atoms with Crippen LogP contribution in [0.1, 0.15) is 34.6 Å². The molecule has 1 aromatic heterocycles. The number of nitrogens with zero attached hydrogens (tertiary/aromatic N) is 2. The molecule has 0 aliphatic carbocycles. The molecular formula is C14H12Cl2F3N3O. The lowest BCUT2D eigenvalue weighted by atomic mass is 10.1. The fourth-order valence-electron chi connectivity index (χ4n) is 2.00. The average Bonchev–Trinajstić information content (AvgIpc) is 2.84. The molecule has 1 aromatic carbocycles. The molecule has 1 atom stereocenters. The lowest BCUT2D eigenvalue weighted by Crippen LogP contribution is -2.28. The highest BCUT2D eigenvalue weighted by atomic mass is 35.5. The fraction of sp³-hybridized carbons (Fsp3) is 0.286. The molecule has 9 heteroatoms. The highest BCUT2D eigenvalue weighted by Crippen LogP contribution is 2.31. The second-order valence-corrected chi connectivity index (χ2v) is 5.75. The van der Waals surface area contributed by atoms with E-state index in [0.717, 1.165) is 10.9 Å². The number of rotatable bonds is 3. The fourth-order valence-corrected chi connectivity index (χ4v) is 2.31. The van der Waals surface area contributed by atoms with Crippen LogP contribution in [0, 0.1) is 0 Å². The number of halogens is 5. The maximum Gasteiger partial charge on any atom is 0.435 e. The van der Waals surface area contributed by atoms with E-state index in [1.807, 2.05) is 0 Å². The van der Waals surface area contributed by atoms with Crippen molar-refractivity contribution in [2.45, 2.75) is 19.1 Å². The van der Waals surface area contributed by atoms with Crippen LogP contribution in [-0.4, -0.2) is 15.7 Å². The Balaban J connectivity index is 2.23. The normalized spacial score (nSPS) is 13.0. The molecule has 2 aromatic rings. The first-order chi connectivity index (χ1) is 10.6. The SMILES string of the molecule is CC(NC(=O)c1cn(C)nc1C(F)(F)F)c1ccc(Cl)c(Cl)c1. The van der Waals surface area contributed by atoms with Gasteiger partial charge in [-0.3, -0.25) is 9.48 Å². The Bertz CT molecular complexity index is 743. The van der Waals surface area contributed by atoms with E-state index in [0.29, 0.717) is 15.6 Å². The minimum absolute atomic E-state index is 0.294. The van der Waals surface area contributed by atoms with E-state index in [-0.39, 0.29) is 0 Å².